The molecule has 84 valence electrons. The quantitative estimate of drug-likeness (QED) is 0.887. The summed E-state index contributed by atoms with van der Waals surface area (Å²) in [5.41, 5.74) is 6.14. The maximum Gasteiger partial charge on any atom is 0.126 e. The van der Waals surface area contributed by atoms with Crippen LogP contribution in [0.1, 0.15) is 24.8 Å². The van der Waals surface area contributed by atoms with Crippen LogP contribution in [0.3, 0.4) is 0 Å². The molecule has 0 aliphatic carbocycles. The highest BCUT2D eigenvalue weighted by Crippen LogP contribution is 2.26. The average molecular weight is 276 g/mol. The number of benzene rings is 1. The molecule has 0 aromatic heterocycles. The van der Waals surface area contributed by atoms with E-state index in [4.69, 9.17) is 5.73 Å². The van der Waals surface area contributed by atoms with Gasteiger partial charge in [-0.25, -0.2) is 4.39 Å². The number of aliphatic hydroxyl groups excluding tert-OH is 1. The molecular weight excluding hydrogens is 261 g/mol. The summed E-state index contributed by atoms with van der Waals surface area (Å²) in [5, 5.41) is 9.29. The summed E-state index contributed by atoms with van der Waals surface area (Å²) in [6, 6.07) is 4.77. The summed E-state index contributed by atoms with van der Waals surface area (Å²) < 4.78 is 14.3. The largest absolute Gasteiger partial charge is 0.393 e. The van der Waals surface area contributed by atoms with Crippen LogP contribution in [-0.4, -0.2) is 17.8 Å². The Balaban J connectivity index is 2.95. The number of hydrogen-bond acceptors (Lipinski definition) is 2. The van der Waals surface area contributed by atoms with Gasteiger partial charge in [0, 0.05) is 10.4 Å². The van der Waals surface area contributed by atoms with Gasteiger partial charge in [0.25, 0.3) is 0 Å². The summed E-state index contributed by atoms with van der Waals surface area (Å²) in [7, 11) is 0. The minimum Gasteiger partial charge on any atom is -0.393 e. The van der Waals surface area contributed by atoms with Gasteiger partial charge in [-0.2, -0.15) is 0 Å². The Hall–Kier alpha value is -0.450. The zero-order valence-corrected chi connectivity index (χ0v) is 10.2. The molecule has 2 atom stereocenters. The van der Waals surface area contributed by atoms with Crippen molar-refractivity contribution in [1.82, 2.24) is 0 Å². The maximum atomic E-state index is 13.5. The highest BCUT2D eigenvalue weighted by molar-refractivity contribution is 9.10. The van der Waals surface area contributed by atoms with Crippen LogP contribution in [0.4, 0.5) is 4.39 Å². The van der Waals surface area contributed by atoms with Crippen LogP contribution >= 0.6 is 15.9 Å². The highest BCUT2D eigenvalue weighted by atomic mass is 79.9. The monoisotopic (exact) mass is 275 g/mol. The Bertz CT molecular complexity index is 330. The molecule has 0 amide bonds. The molecular formula is C11H15BrFNO. The smallest absolute Gasteiger partial charge is 0.126 e. The molecule has 15 heavy (non-hydrogen) atoms. The molecule has 0 radical (unpaired) electrons. The standard InChI is InChI=1S/C11H15BrFNO/c1-7(15)4-8(6-14)10-5-9(12)2-3-11(10)13/h2-3,5,7-8,15H,4,6,14H2,1H3. The van der Waals surface area contributed by atoms with Gasteiger partial charge in [0.05, 0.1) is 6.10 Å². The lowest BCUT2D eigenvalue weighted by atomic mass is 9.93. The zero-order chi connectivity index (χ0) is 11.4. The molecule has 0 saturated carbocycles. The Kier molecular flexibility index (Phi) is 4.70. The molecule has 4 heteroatoms. The lowest BCUT2D eigenvalue weighted by molar-refractivity contribution is 0.174. The normalized spacial score (nSPS) is 15.0. The third-order valence-electron chi connectivity index (χ3n) is 2.31. The maximum absolute atomic E-state index is 13.5. The van der Waals surface area contributed by atoms with Crippen molar-refractivity contribution in [2.75, 3.05) is 6.54 Å². The molecule has 1 rings (SSSR count). The van der Waals surface area contributed by atoms with Crippen LogP contribution in [0.2, 0.25) is 0 Å². The van der Waals surface area contributed by atoms with Crippen LogP contribution < -0.4 is 5.73 Å². The summed E-state index contributed by atoms with van der Waals surface area (Å²) in [6.45, 7) is 2.01. The fraction of sp³-hybridized carbons (Fsp3) is 0.455. The minimum absolute atomic E-state index is 0.137. The molecule has 0 saturated heterocycles. The van der Waals surface area contributed by atoms with E-state index in [0.29, 0.717) is 18.5 Å². The van der Waals surface area contributed by atoms with Crippen LogP contribution in [0.25, 0.3) is 0 Å². The Labute approximate surface area is 97.4 Å². The van der Waals surface area contributed by atoms with Gasteiger partial charge in [-0.05, 0) is 43.7 Å². The van der Waals surface area contributed by atoms with Gasteiger partial charge in [-0.3, -0.25) is 0 Å². The molecule has 0 heterocycles. The van der Waals surface area contributed by atoms with Crippen molar-refractivity contribution < 1.29 is 9.50 Å². The molecule has 1 aromatic rings. The molecule has 0 aliphatic heterocycles. The summed E-state index contributed by atoms with van der Waals surface area (Å²) in [4.78, 5) is 0. The fourth-order valence-corrected chi connectivity index (χ4v) is 1.97. The average Bonchev–Trinajstić information content (AvgIpc) is 2.18. The molecule has 3 N–H and O–H groups in total. The molecule has 2 nitrogen and oxygen atoms in total. The van der Waals surface area contributed by atoms with E-state index in [2.05, 4.69) is 15.9 Å². The number of hydrogen-bond donors (Lipinski definition) is 2. The molecule has 2 unspecified atom stereocenters. The first-order valence-corrected chi connectivity index (χ1v) is 5.67. The van der Waals surface area contributed by atoms with Gasteiger partial charge in [-0.1, -0.05) is 15.9 Å². The van der Waals surface area contributed by atoms with E-state index in [1.165, 1.54) is 6.07 Å². The van der Waals surface area contributed by atoms with Gasteiger partial charge in [0.2, 0.25) is 0 Å². The van der Waals surface area contributed by atoms with E-state index < -0.39 is 6.10 Å². The lowest BCUT2D eigenvalue weighted by Crippen LogP contribution is -2.18. The van der Waals surface area contributed by atoms with E-state index in [9.17, 15) is 9.50 Å². The first-order chi connectivity index (χ1) is 7.04. The van der Waals surface area contributed by atoms with E-state index >= 15 is 0 Å². The molecule has 1 aromatic carbocycles. The van der Waals surface area contributed by atoms with Gasteiger partial charge in [0.15, 0.2) is 0 Å². The SMILES string of the molecule is CC(O)CC(CN)c1cc(Br)ccc1F. The number of halogens is 2. The molecule has 0 spiro atoms. The predicted octanol–water partition coefficient (Wildman–Crippen LogP) is 2.40. The van der Waals surface area contributed by atoms with Crippen molar-refractivity contribution in [3.63, 3.8) is 0 Å². The van der Waals surface area contributed by atoms with Gasteiger partial charge < -0.3 is 10.8 Å². The van der Waals surface area contributed by atoms with Gasteiger partial charge >= 0.3 is 0 Å². The molecule has 0 fully saturated rings. The van der Waals surface area contributed by atoms with Crippen molar-refractivity contribution >= 4 is 15.9 Å². The highest BCUT2D eigenvalue weighted by Gasteiger charge is 2.16. The topological polar surface area (TPSA) is 46.2 Å². The van der Waals surface area contributed by atoms with E-state index in [-0.39, 0.29) is 11.7 Å². The summed E-state index contributed by atoms with van der Waals surface area (Å²) >= 11 is 3.29. The minimum atomic E-state index is -0.475. The number of aliphatic hydroxyl groups is 1. The van der Waals surface area contributed by atoms with Crippen molar-refractivity contribution in [3.8, 4) is 0 Å². The van der Waals surface area contributed by atoms with Crippen molar-refractivity contribution in [3.05, 3.63) is 34.1 Å². The van der Waals surface area contributed by atoms with E-state index in [1.807, 2.05) is 0 Å². The second kappa shape index (κ2) is 5.58. The van der Waals surface area contributed by atoms with E-state index in [1.54, 1.807) is 19.1 Å². The van der Waals surface area contributed by atoms with Crippen LogP contribution in [-0.2, 0) is 0 Å². The first-order valence-electron chi connectivity index (χ1n) is 4.87. The lowest BCUT2D eigenvalue weighted by Gasteiger charge is -2.17. The van der Waals surface area contributed by atoms with Gasteiger partial charge in [-0.15, -0.1) is 0 Å². The summed E-state index contributed by atoms with van der Waals surface area (Å²) in [6.07, 6.45) is 0.00100. The Morgan fingerprint density at radius 1 is 1.53 bits per heavy atom. The predicted molar refractivity (Wildman–Crippen MR) is 62.2 cm³/mol. The Morgan fingerprint density at radius 3 is 2.73 bits per heavy atom. The summed E-state index contributed by atoms with van der Waals surface area (Å²) in [5.74, 6) is -0.406. The second-order valence-corrected chi connectivity index (χ2v) is 4.60. The molecule has 0 aliphatic rings. The number of rotatable bonds is 4. The first kappa shape index (κ1) is 12.6. The van der Waals surface area contributed by atoms with Crippen molar-refractivity contribution in [2.45, 2.75) is 25.4 Å². The third kappa shape index (κ3) is 3.55. The zero-order valence-electron chi connectivity index (χ0n) is 8.58. The third-order valence-corrected chi connectivity index (χ3v) is 2.80. The van der Waals surface area contributed by atoms with Gasteiger partial charge in [0.1, 0.15) is 5.82 Å². The van der Waals surface area contributed by atoms with Crippen molar-refractivity contribution in [1.29, 1.82) is 0 Å². The van der Waals surface area contributed by atoms with Crippen LogP contribution in [0.5, 0.6) is 0 Å². The van der Waals surface area contributed by atoms with Crippen LogP contribution in [0, 0.1) is 5.82 Å². The van der Waals surface area contributed by atoms with Crippen LogP contribution in [0.15, 0.2) is 22.7 Å². The fourth-order valence-electron chi connectivity index (χ4n) is 1.59. The Morgan fingerprint density at radius 2 is 2.20 bits per heavy atom. The molecule has 0 bridgehead atoms. The van der Waals surface area contributed by atoms with E-state index in [0.717, 1.165) is 4.47 Å². The second-order valence-electron chi connectivity index (χ2n) is 3.68. The van der Waals surface area contributed by atoms with Crippen molar-refractivity contribution in [2.24, 2.45) is 5.73 Å². The number of nitrogens with two attached hydrogens (primary N) is 1.